The third kappa shape index (κ3) is 5.78. The first kappa shape index (κ1) is 25.0. The number of pyridine rings is 1. The van der Waals surface area contributed by atoms with Crippen molar-refractivity contribution in [1.82, 2.24) is 30.1 Å². The molecule has 0 bridgehead atoms. The Morgan fingerprint density at radius 2 is 2.00 bits per heavy atom. The monoisotopic (exact) mass is 480 g/mol. The van der Waals surface area contributed by atoms with Gasteiger partial charge in [-0.1, -0.05) is 44.7 Å². The van der Waals surface area contributed by atoms with E-state index in [9.17, 15) is 9.59 Å². The third-order valence-electron chi connectivity index (χ3n) is 6.87. The zero-order valence-corrected chi connectivity index (χ0v) is 21.2. The maximum absolute atomic E-state index is 13.1. The summed E-state index contributed by atoms with van der Waals surface area (Å²) < 4.78 is 6.68. The van der Waals surface area contributed by atoms with Crippen LogP contribution >= 0.6 is 0 Å². The van der Waals surface area contributed by atoms with Crippen LogP contribution in [0.3, 0.4) is 0 Å². The largest absolute Gasteiger partial charge is 0.465 e. The Hall–Kier alpha value is -3.07. The van der Waals surface area contributed by atoms with Gasteiger partial charge in [0.2, 0.25) is 0 Å². The number of aromatic amines is 1. The molecule has 0 saturated heterocycles. The number of ether oxygens (including phenoxy) is 1. The smallest absolute Gasteiger partial charge is 0.327 e. The molecule has 188 valence electrons. The summed E-state index contributed by atoms with van der Waals surface area (Å²) in [5, 5.41) is 13.4. The minimum atomic E-state index is -0.367. The predicted octanol–water partition coefficient (Wildman–Crippen LogP) is 3.92. The second-order valence-corrected chi connectivity index (χ2v) is 9.87. The van der Waals surface area contributed by atoms with Crippen LogP contribution in [0.2, 0.25) is 0 Å². The first-order valence-electron chi connectivity index (χ1n) is 12.7. The van der Waals surface area contributed by atoms with E-state index < -0.39 is 0 Å². The highest BCUT2D eigenvalue weighted by Gasteiger charge is 2.35. The number of hydrogen-bond acceptors (Lipinski definition) is 7. The summed E-state index contributed by atoms with van der Waals surface area (Å²) in [7, 11) is 0. The second-order valence-electron chi connectivity index (χ2n) is 9.87. The minimum Gasteiger partial charge on any atom is -0.465 e. The van der Waals surface area contributed by atoms with Crippen molar-refractivity contribution >= 4 is 16.9 Å². The average molecular weight is 481 g/mol. The highest BCUT2D eigenvalue weighted by atomic mass is 16.5. The maximum atomic E-state index is 13.1. The van der Waals surface area contributed by atoms with E-state index in [4.69, 9.17) is 4.74 Å². The van der Waals surface area contributed by atoms with Crippen molar-refractivity contribution in [3.63, 3.8) is 0 Å². The summed E-state index contributed by atoms with van der Waals surface area (Å²) in [5.74, 6) is 0.423. The molecule has 1 fully saturated rings. The van der Waals surface area contributed by atoms with Crippen molar-refractivity contribution in [2.24, 2.45) is 5.92 Å². The van der Waals surface area contributed by atoms with Gasteiger partial charge in [-0.2, -0.15) is 0 Å². The zero-order chi connectivity index (χ0) is 24.9. The normalized spacial score (nSPS) is 15.7. The van der Waals surface area contributed by atoms with E-state index in [1.54, 1.807) is 11.6 Å². The van der Waals surface area contributed by atoms with E-state index in [1.807, 2.05) is 18.2 Å². The van der Waals surface area contributed by atoms with Gasteiger partial charge in [0.05, 0.1) is 12.6 Å². The van der Waals surface area contributed by atoms with Crippen molar-refractivity contribution in [3.8, 4) is 0 Å². The van der Waals surface area contributed by atoms with E-state index in [-0.39, 0.29) is 30.0 Å². The van der Waals surface area contributed by atoms with Gasteiger partial charge in [-0.15, -0.1) is 5.10 Å². The number of rotatable bonds is 9. The molecule has 0 amide bonds. The van der Waals surface area contributed by atoms with Gasteiger partial charge in [-0.05, 0) is 66.6 Å². The molecule has 1 aliphatic carbocycles. The predicted molar refractivity (Wildman–Crippen MR) is 134 cm³/mol. The average Bonchev–Trinajstić information content (AvgIpc) is 3.27. The van der Waals surface area contributed by atoms with Gasteiger partial charge >= 0.3 is 5.97 Å². The molecule has 1 saturated carbocycles. The molecule has 1 atom stereocenters. The fraction of sp³-hybridized carbons (Fsp3) is 0.577. The van der Waals surface area contributed by atoms with Crippen LogP contribution in [0.15, 0.2) is 29.1 Å². The molecule has 4 rings (SSSR count). The van der Waals surface area contributed by atoms with Crippen LogP contribution in [0.25, 0.3) is 10.9 Å². The maximum Gasteiger partial charge on any atom is 0.327 e. The SMILES string of the molecule is CCOC(=O)Cn1nnnc1[C@@H](C(C)C)N(Cc1cc2cc(C)ccc2[nH]c1=O)C1CCCCC1. The van der Waals surface area contributed by atoms with E-state index in [0.29, 0.717) is 25.0 Å². The Balaban J connectivity index is 1.74. The third-order valence-corrected chi connectivity index (χ3v) is 6.87. The molecule has 9 heteroatoms. The molecule has 1 aromatic carbocycles. The summed E-state index contributed by atoms with van der Waals surface area (Å²) in [6.45, 7) is 8.87. The van der Waals surface area contributed by atoms with Crippen LogP contribution in [0, 0.1) is 12.8 Å². The van der Waals surface area contributed by atoms with Crippen molar-refractivity contribution in [2.75, 3.05) is 6.61 Å². The molecule has 0 unspecified atom stereocenters. The van der Waals surface area contributed by atoms with Crippen LogP contribution in [0.5, 0.6) is 0 Å². The number of esters is 1. The number of tetrazole rings is 1. The van der Waals surface area contributed by atoms with E-state index in [1.165, 1.54) is 6.42 Å². The number of aryl methyl sites for hydroxylation is 1. The summed E-state index contributed by atoms with van der Waals surface area (Å²) in [4.78, 5) is 30.8. The fourth-order valence-electron chi connectivity index (χ4n) is 5.25. The molecule has 2 aromatic heterocycles. The Bertz CT molecular complexity index is 1210. The number of carbonyl (C=O) groups excluding carboxylic acids is 1. The molecular weight excluding hydrogens is 444 g/mol. The van der Waals surface area contributed by atoms with E-state index in [0.717, 1.165) is 47.7 Å². The molecule has 9 nitrogen and oxygen atoms in total. The number of nitrogens with one attached hydrogen (secondary N) is 1. The van der Waals surface area contributed by atoms with Crippen molar-refractivity contribution in [1.29, 1.82) is 0 Å². The van der Waals surface area contributed by atoms with E-state index in [2.05, 4.69) is 52.2 Å². The lowest BCUT2D eigenvalue weighted by Gasteiger charge is -2.41. The molecule has 0 spiro atoms. The van der Waals surface area contributed by atoms with Gasteiger partial charge in [0.15, 0.2) is 5.82 Å². The zero-order valence-electron chi connectivity index (χ0n) is 21.2. The minimum absolute atomic E-state index is 0.0340. The molecule has 2 heterocycles. The Kier molecular flexibility index (Phi) is 7.95. The topological polar surface area (TPSA) is 106 Å². The van der Waals surface area contributed by atoms with Crippen molar-refractivity contribution in [3.05, 3.63) is 51.6 Å². The molecule has 35 heavy (non-hydrogen) atoms. The quantitative estimate of drug-likeness (QED) is 0.463. The van der Waals surface area contributed by atoms with Crippen molar-refractivity contribution in [2.45, 2.75) is 85.0 Å². The Morgan fingerprint density at radius 3 is 2.71 bits per heavy atom. The standard InChI is InChI=1S/C26H36N6O3/c1-5-35-23(33)16-32-25(28-29-30-32)24(17(2)3)31(21-9-7-6-8-10-21)15-20-14-19-13-18(4)11-12-22(19)27-26(20)34/h11-14,17,21,24H,5-10,15-16H2,1-4H3,(H,27,34)/t24-/m1/s1. The number of nitrogens with zero attached hydrogens (tertiary/aromatic N) is 5. The van der Waals surface area contributed by atoms with Gasteiger partial charge in [-0.25, -0.2) is 4.68 Å². The lowest BCUT2D eigenvalue weighted by atomic mass is 9.90. The van der Waals surface area contributed by atoms with Crippen LogP contribution in [-0.2, 0) is 22.6 Å². The second kappa shape index (κ2) is 11.1. The summed E-state index contributed by atoms with van der Waals surface area (Å²) in [6.07, 6.45) is 5.67. The lowest BCUT2D eigenvalue weighted by molar-refractivity contribution is -0.144. The van der Waals surface area contributed by atoms with Gasteiger partial charge in [0.1, 0.15) is 6.54 Å². The van der Waals surface area contributed by atoms with E-state index >= 15 is 0 Å². The van der Waals surface area contributed by atoms with Crippen molar-refractivity contribution < 1.29 is 9.53 Å². The lowest BCUT2D eigenvalue weighted by Crippen LogP contribution is -2.43. The Morgan fingerprint density at radius 1 is 1.23 bits per heavy atom. The molecule has 1 aliphatic rings. The molecule has 3 aromatic rings. The first-order chi connectivity index (χ1) is 16.9. The highest BCUT2D eigenvalue weighted by Crippen LogP contribution is 2.35. The summed E-state index contributed by atoms with van der Waals surface area (Å²) in [5.41, 5.74) is 2.64. The number of benzene rings is 1. The van der Waals surface area contributed by atoms with Gasteiger partial charge in [0.25, 0.3) is 5.56 Å². The van der Waals surface area contributed by atoms with Crippen LogP contribution in [0.1, 0.15) is 75.9 Å². The van der Waals surface area contributed by atoms with Crippen LogP contribution in [0.4, 0.5) is 0 Å². The fourth-order valence-corrected chi connectivity index (χ4v) is 5.25. The number of carbonyl (C=O) groups is 1. The van der Waals surface area contributed by atoms with Gasteiger partial charge in [0, 0.05) is 23.7 Å². The summed E-state index contributed by atoms with van der Waals surface area (Å²) >= 11 is 0. The highest BCUT2D eigenvalue weighted by molar-refractivity contribution is 5.79. The Labute approximate surface area is 205 Å². The number of hydrogen-bond donors (Lipinski definition) is 1. The molecule has 0 aliphatic heterocycles. The summed E-state index contributed by atoms with van der Waals surface area (Å²) in [6, 6.07) is 8.21. The number of fused-ring (bicyclic) bond motifs is 1. The van der Waals surface area contributed by atoms with Gasteiger partial charge in [-0.3, -0.25) is 14.5 Å². The molecular formula is C26H36N6O3. The number of aromatic nitrogens is 5. The molecule has 1 N–H and O–H groups in total. The first-order valence-corrected chi connectivity index (χ1v) is 12.7. The number of H-pyrrole nitrogens is 1. The van der Waals surface area contributed by atoms with Crippen LogP contribution in [-0.4, -0.2) is 48.7 Å². The van der Waals surface area contributed by atoms with Crippen LogP contribution < -0.4 is 5.56 Å². The van der Waals surface area contributed by atoms with Gasteiger partial charge < -0.3 is 9.72 Å². The molecule has 0 radical (unpaired) electrons.